The van der Waals surface area contributed by atoms with E-state index in [1.165, 1.54) is 0 Å². The first kappa shape index (κ1) is 16.9. The van der Waals surface area contributed by atoms with Crippen molar-refractivity contribution in [1.29, 1.82) is 0 Å². The first-order chi connectivity index (χ1) is 12.9. The van der Waals surface area contributed by atoms with Crippen molar-refractivity contribution in [2.75, 3.05) is 11.9 Å². The largest absolute Gasteiger partial charge is 0.473 e. The molecule has 2 aromatic carbocycles. The molecule has 0 bridgehead atoms. The van der Waals surface area contributed by atoms with Crippen LogP contribution in [-0.4, -0.2) is 46.1 Å². The number of carbonyl (C=O) groups excluding carboxylic acids is 2. The number of hydrogen-bond donors (Lipinski definition) is 3. The van der Waals surface area contributed by atoms with Gasteiger partial charge in [0.05, 0.1) is 12.2 Å². The molecule has 2 aliphatic heterocycles. The number of primary amides is 1. The van der Waals surface area contributed by atoms with Gasteiger partial charge in [-0.3, -0.25) is 14.5 Å². The molecule has 0 unspecified atom stereocenters. The summed E-state index contributed by atoms with van der Waals surface area (Å²) in [4.78, 5) is 36.8. The lowest BCUT2D eigenvalue weighted by Gasteiger charge is -2.35. The summed E-state index contributed by atoms with van der Waals surface area (Å²) in [5.41, 5.74) is 5.99. The van der Waals surface area contributed by atoms with Crippen LogP contribution in [-0.2, 0) is 9.59 Å². The fraction of sp³-hybridized carbons (Fsp3) is 0.211. The van der Waals surface area contributed by atoms with Gasteiger partial charge in [-0.1, -0.05) is 42.5 Å². The van der Waals surface area contributed by atoms with Crippen LogP contribution in [0.3, 0.4) is 0 Å². The van der Waals surface area contributed by atoms with Crippen LogP contribution in [0.5, 0.6) is 5.75 Å². The second-order valence-corrected chi connectivity index (χ2v) is 6.63. The van der Waals surface area contributed by atoms with Gasteiger partial charge < -0.3 is 20.9 Å². The molecule has 0 aliphatic carbocycles. The summed E-state index contributed by atoms with van der Waals surface area (Å²) in [5, 5.41) is 12.2. The number of fused-ring (bicyclic) bond motifs is 1. The molecule has 8 heteroatoms. The molecule has 0 saturated carbocycles. The number of nitrogens with zero attached hydrogens (tertiary/aromatic N) is 1. The predicted octanol–water partition coefficient (Wildman–Crippen LogP) is 1.66. The number of likely N-dealkylation sites (tertiary alicyclic amines) is 1. The Kier molecular flexibility index (Phi) is 3.76. The first-order valence-corrected chi connectivity index (χ1v) is 8.39. The third-order valence-electron chi connectivity index (χ3n) is 4.96. The van der Waals surface area contributed by atoms with Gasteiger partial charge in [-0.05, 0) is 11.6 Å². The SMILES string of the molecule is NC(=O)[C@@H]1C[C@]2(CN1C(=O)O)Oc1c(cccc1-c1ccccc1)NC2=O. The highest BCUT2D eigenvalue weighted by Gasteiger charge is 2.57. The van der Waals surface area contributed by atoms with E-state index in [0.29, 0.717) is 11.4 Å². The zero-order valence-corrected chi connectivity index (χ0v) is 14.2. The van der Waals surface area contributed by atoms with Gasteiger partial charge in [0.1, 0.15) is 6.04 Å². The second-order valence-electron chi connectivity index (χ2n) is 6.63. The van der Waals surface area contributed by atoms with Crippen LogP contribution in [0.25, 0.3) is 11.1 Å². The molecule has 3 amide bonds. The minimum absolute atomic E-state index is 0.136. The molecule has 2 aromatic rings. The lowest BCUT2D eigenvalue weighted by molar-refractivity contribution is -0.131. The molecule has 1 saturated heterocycles. The van der Waals surface area contributed by atoms with Crippen LogP contribution >= 0.6 is 0 Å². The summed E-state index contributed by atoms with van der Waals surface area (Å²) >= 11 is 0. The van der Waals surface area contributed by atoms with Crippen molar-refractivity contribution in [3.05, 3.63) is 48.5 Å². The highest BCUT2D eigenvalue weighted by molar-refractivity contribution is 6.04. The average Bonchev–Trinajstić information content (AvgIpc) is 3.04. The van der Waals surface area contributed by atoms with Crippen LogP contribution in [0.2, 0.25) is 0 Å². The Balaban J connectivity index is 1.78. The van der Waals surface area contributed by atoms with Gasteiger partial charge >= 0.3 is 6.09 Å². The predicted molar refractivity (Wildman–Crippen MR) is 96.2 cm³/mol. The van der Waals surface area contributed by atoms with E-state index in [1.807, 2.05) is 36.4 Å². The van der Waals surface area contributed by atoms with Gasteiger partial charge in [0.25, 0.3) is 5.91 Å². The molecule has 2 aliphatic rings. The fourth-order valence-corrected chi connectivity index (χ4v) is 3.63. The Labute approximate surface area is 154 Å². The summed E-state index contributed by atoms with van der Waals surface area (Å²) < 4.78 is 6.11. The van der Waals surface area contributed by atoms with Crippen molar-refractivity contribution in [3.8, 4) is 16.9 Å². The molecule has 27 heavy (non-hydrogen) atoms. The number of carboxylic acid groups (broad SMARTS) is 1. The van der Waals surface area contributed by atoms with Crippen LogP contribution < -0.4 is 15.8 Å². The van der Waals surface area contributed by atoms with E-state index >= 15 is 0 Å². The van der Waals surface area contributed by atoms with Crippen LogP contribution in [0.1, 0.15) is 6.42 Å². The number of nitrogens with two attached hydrogens (primary N) is 1. The number of hydrogen-bond acceptors (Lipinski definition) is 4. The topological polar surface area (TPSA) is 122 Å². The summed E-state index contributed by atoms with van der Waals surface area (Å²) in [6.07, 6.45) is -1.46. The second kappa shape index (κ2) is 6.01. The lowest BCUT2D eigenvalue weighted by atomic mass is 9.94. The maximum absolute atomic E-state index is 12.8. The van der Waals surface area contributed by atoms with Gasteiger partial charge in [-0.15, -0.1) is 0 Å². The van der Waals surface area contributed by atoms with Crippen molar-refractivity contribution < 1.29 is 24.2 Å². The number of nitrogens with one attached hydrogen (secondary N) is 1. The normalized spacial score (nSPS) is 23.5. The highest BCUT2D eigenvalue weighted by Crippen LogP contribution is 2.45. The third kappa shape index (κ3) is 2.66. The van der Waals surface area contributed by atoms with E-state index in [1.54, 1.807) is 12.1 Å². The number of ether oxygens (including phenoxy) is 1. The molecule has 2 atom stereocenters. The van der Waals surface area contributed by atoms with E-state index < -0.39 is 29.6 Å². The Hall–Kier alpha value is -3.55. The number of carbonyl (C=O) groups is 3. The lowest BCUT2D eigenvalue weighted by Crippen LogP contribution is -2.53. The molecule has 4 rings (SSSR count). The van der Waals surface area contributed by atoms with Crippen LogP contribution in [0.15, 0.2) is 48.5 Å². The summed E-state index contributed by atoms with van der Waals surface area (Å²) in [7, 11) is 0. The van der Waals surface area contributed by atoms with Gasteiger partial charge in [0.15, 0.2) is 5.75 Å². The Morgan fingerprint density at radius 3 is 2.56 bits per heavy atom. The minimum atomic E-state index is -1.50. The number of amides is 3. The standard InChI is InChI=1S/C19H17N3O5/c20-16(23)14-9-19(10-22(14)18(25)26)17(24)21-13-8-4-7-12(15(13)27-19)11-5-2-1-3-6-11/h1-8,14H,9-10H2,(H2,20,23)(H,21,24)(H,25,26)/t14-,19+/m0/s1. The highest BCUT2D eigenvalue weighted by atomic mass is 16.5. The molecule has 2 heterocycles. The Morgan fingerprint density at radius 1 is 1.19 bits per heavy atom. The van der Waals surface area contributed by atoms with Crippen molar-refractivity contribution >= 4 is 23.6 Å². The number of anilines is 1. The zero-order valence-electron chi connectivity index (χ0n) is 14.2. The molecule has 0 aromatic heterocycles. The third-order valence-corrected chi connectivity index (χ3v) is 4.96. The minimum Gasteiger partial charge on any atom is -0.473 e. The molecule has 1 fully saturated rings. The van der Waals surface area contributed by atoms with Crippen LogP contribution in [0.4, 0.5) is 10.5 Å². The van der Waals surface area contributed by atoms with E-state index in [9.17, 15) is 19.5 Å². The van der Waals surface area contributed by atoms with Gasteiger partial charge in [0, 0.05) is 12.0 Å². The maximum Gasteiger partial charge on any atom is 0.408 e. The van der Waals surface area contributed by atoms with Crippen molar-refractivity contribution in [3.63, 3.8) is 0 Å². The monoisotopic (exact) mass is 367 g/mol. The molecule has 138 valence electrons. The van der Waals surface area contributed by atoms with E-state index in [4.69, 9.17) is 10.5 Å². The van der Waals surface area contributed by atoms with E-state index in [2.05, 4.69) is 5.32 Å². The number of para-hydroxylation sites is 1. The van der Waals surface area contributed by atoms with Crippen molar-refractivity contribution in [1.82, 2.24) is 4.90 Å². The summed E-state index contributed by atoms with van der Waals surface area (Å²) in [5.74, 6) is -0.859. The van der Waals surface area contributed by atoms with Crippen molar-refractivity contribution in [2.45, 2.75) is 18.1 Å². The van der Waals surface area contributed by atoms with Crippen molar-refractivity contribution in [2.24, 2.45) is 5.73 Å². The molecule has 1 spiro atoms. The zero-order chi connectivity index (χ0) is 19.2. The molecule has 8 nitrogen and oxygen atoms in total. The average molecular weight is 367 g/mol. The van der Waals surface area contributed by atoms with Gasteiger partial charge in [-0.25, -0.2) is 4.79 Å². The fourth-order valence-electron chi connectivity index (χ4n) is 3.63. The quantitative estimate of drug-likeness (QED) is 0.745. The molecular weight excluding hydrogens is 350 g/mol. The smallest absolute Gasteiger partial charge is 0.408 e. The molecular formula is C19H17N3O5. The first-order valence-electron chi connectivity index (χ1n) is 8.39. The Bertz CT molecular complexity index is 922. The Morgan fingerprint density at radius 2 is 1.93 bits per heavy atom. The maximum atomic E-state index is 12.8. The molecule has 4 N–H and O–H groups in total. The van der Waals surface area contributed by atoms with E-state index in [0.717, 1.165) is 16.0 Å². The van der Waals surface area contributed by atoms with Gasteiger partial charge in [0.2, 0.25) is 11.5 Å². The number of rotatable bonds is 2. The summed E-state index contributed by atoms with van der Waals surface area (Å²) in [6.45, 7) is -0.273. The van der Waals surface area contributed by atoms with E-state index in [-0.39, 0.29) is 13.0 Å². The summed E-state index contributed by atoms with van der Waals surface area (Å²) in [6, 6.07) is 13.7. The number of benzene rings is 2. The van der Waals surface area contributed by atoms with Crippen LogP contribution in [0, 0.1) is 0 Å². The molecule has 0 radical (unpaired) electrons. The van der Waals surface area contributed by atoms with Gasteiger partial charge in [-0.2, -0.15) is 0 Å².